The number of carbonyl (C=O) groups excluding carboxylic acids is 1. The van der Waals surface area contributed by atoms with Crippen LogP contribution in [-0.4, -0.2) is 47.7 Å². The molecule has 1 unspecified atom stereocenters. The van der Waals surface area contributed by atoms with Gasteiger partial charge in [-0.1, -0.05) is 12.1 Å². The number of carbonyl (C=O) groups is 2. The Bertz CT molecular complexity index is 600. The van der Waals surface area contributed by atoms with Gasteiger partial charge in [0, 0.05) is 19.2 Å². The molecule has 1 aliphatic heterocycles. The third kappa shape index (κ3) is 4.39. The number of nitrogens with zero attached hydrogens (tertiary/aromatic N) is 1. The Kier molecular flexibility index (Phi) is 5.27. The van der Waals surface area contributed by atoms with Crippen molar-refractivity contribution in [3.8, 4) is 0 Å². The average Bonchev–Trinajstić information content (AvgIpc) is 2.46. The van der Waals surface area contributed by atoms with Crippen LogP contribution in [0.25, 0.3) is 5.57 Å². The van der Waals surface area contributed by atoms with Gasteiger partial charge in [0.25, 0.3) is 0 Å². The highest BCUT2D eigenvalue weighted by Gasteiger charge is 2.25. The molecule has 0 aromatic heterocycles. The van der Waals surface area contributed by atoms with Crippen LogP contribution >= 0.6 is 0 Å². The van der Waals surface area contributed by atoms with E-state index in [1.807, 2.05) is 0 Å². The molecule has 1 aliphatic rings. The van der Waals surface area contributed by atoms with Crippen LogP contribution < -0.4 is 0 Å². The summed E-state index contributed by atoms with van der Waals surface area (Å²) in [6.07, 6.45) is 0.826. The van der Waals surface area contributed by atoms with Crippen LogP contribution in [0.1, 0.15) is 18.9 Å². The summed E-state index contributed by atoms with van der Waals surface area (Å²) in [6.45, 7) is 2.72. The van der Waals surface area contributed by atoms with E-state index in [1.165, 1.54) is 18.2 Å². The molecular weight excluding hydrogens is 289 g/mol. The molecule has 0 bridgehead atoms. The molecule has 1 fully saturated rings. The van der Waals surface area contributed by atoms with Crippen molar-refractivity contribution in [2.75, 3.05) is 19.7 Å². The van der Waals surface area contributed by atoms with Crippen LogP contribution in [0.5, 0.6) is 0 Å². The van der Waals surface area contributed by atoms with Gasteiger partial charge in [0.2, 0.25) is 5.91 Å². The van der Waals surface area contributed by atoms with Gasteiger partial charge >= 0.3 is 5.97 Å². The van der Waals surface area contributed by atoms with Crippen molar-refractivity contribution in [3.05, 3.63) is 41.7 Å². The molecule has 0 radical (unpaired) electrons. The number of hydrogen-bond acceptors (Lipinski definition) is 3. The highest BCUT2D eigenvalue weighted by atomic mass is 19.1. The minimum absolute atomic E-state index is 0.129. The zero-order valence-electron chi connectivity index (χ0n) is 12.3. The monoisotopic (exact) mass is 307 g/mol. The van der Waals surface area contributed by atoms with Crippen molar-refractivity contribution in [1.29, 1.82) is 0 Å². The fourth-order valence-electron chi connectivity index (χ4n) is 2.33. The molecule has 5 nitrogen and oxygen atoms in total. The number of ether oxygens (including phenoxy) is 1. The number of halogens is 1. The van der Waals surface area contributed by atoms with Crippen molar-refractivity contribution in [2.45, 2.75) is 19.4 Å². The molecule has 2 rings (SSSR count). The molecule has 6 heteroatoms. The van der Waals surface area contributed by atoms with Crippen molar-refractivity contribution in [2.24, 2.45) is 0 Å². The molecule has 1 N–H and O–H groups in total. The number of allylic oxidation sites excluding steroid dienone is 1. The Balaban J connectivity index is 2.04. The molecule has 1 aromatic carbocycles. The largest absolute Gasteiger partial charge is 0.481 e. The molecule has 0 spiro atoms. The zero-order valence-corrected chi connectivity index (χ0v) is 12.3. The summed E-state index contributed by atoms with van der Waals surface area (Å²) in [5.41, 5.74) is 1.30. The molecule has 22 heavy (non-hydrogen) atoms. The first-order chi connectivity index (χ1) is 10.5. The summed E-state index contributed by atoms with van der Waals surface area (Å²) in [6, 6.07) is 6.03. The zero-order chi connectivity index (χ0) is 16.1. The van der Waals surface area contributed by atoms with Crippen LogP contribution in [0.2, 0.25) is 0 Å². The summed E-state index contributed by atoms with van der Waals surface area (Å²) in [5, 5.41) is 8.78. The molecule has 1 atom stereocenters. The van der Waals surface area contributed by atoms with Crippen LogP contribution in [0, 0.1) is 5.82 Å². The van der Waals surface area contributed by atoms with E-state index in [0.717, 1.165) is 0 Å². The summed E-state index contributed by atoms with van der Waals surface area (Å²) in [7, 11) is 0. The fraction of sp³-hybridized carbons (Fsp3) is 0.375. The smallest absolute Gasteiger partial charge is 0.306 e. The molecule has 1 saturated heterocycles. The number of morpholine rings is 1. The van der Waals surface area contributed by atoms with E-state index in [9.17, 15) is 14.0 Å². The van der Waals surface area contributed by atoms with Gasteiger partial charge in [-0.3, -0.25) is 9.59 Å². The van der Waals surface area contributed by atoms with Gasteiger partial charge in [-0.15, -0.1) is 0 Å². The average molecular weight is 307 g/mol. The maximum absolute atomic E-state index is 13.2. The third-order valence-electron chi connectivity index (χ3n) is 3.47. The minimum Gasteiger partial charge on any atom is -0.481 e. The number of aliphatic carboxylic acids is 1. The lowest BCUT2D eigenvalue weighted by atomic mass is 10.1. The quantitative estimate of drug-likeness (QED) is 0.863. The highest BCUT2D eigenvalue weighted by Crippen LogP contribution is 2.16. The Morgan fingerprint density at radius 2 is 2.27 bits per heavy atom. The number of amides is 1. The Hall–Kier alpha value is -2.21. The Morgan fingerprint density at radius 1 is 1.50 bits per heavy atom. The summed E-state index contributed by atoms with van der Waals surface area (Å²) < 4.78 is 18.5. The maximum Gasteiger partial charge on any atom is 0.306 e. The molecule has 118 valence electrons. The number of carboxylic acid groups (broad SMARTS) is 1. The molecule has 1 heterocycles. The van der Waals surface area contributed by atoms with Gasteiger partial charge in [-0.05, 0) is 30.2 Å². The second-order valence-electron chi connectivity index (χ2n) is 5.21. The van der Waals surface area contributed by atoms with Crippen LogP contribution in [0.4, 0.5) is 4.39 Å². The SMILES string of the molecule is C/C(=C\C(=O)N1CCOC(CC(=O)O)C1)c1cccc(F)c1. The van der Waals surface area contributed by atoms with Gasteiger partial charge in [0.1, 0.15) is 5.82 Å². The lowest BCUT2D eigenvalue weighted by Crippen LogP contribution is -2.45. The highest BCUT2D eigenvalue weighted by molar-refractivity contribution is 5.95. The van der Waals surface area contributed by atoms with Gasteiger partial charge in [0.05, 0.1) is 19.1 Å². The third-order valence-corrected chi connectivity index (χ3v) is 3.47. The minimum atomic E-state index is -0.953. The standard InChI is InChI=1S/C16H18FNO4/c1-11(12-3-2-4-13(17)8-12)7-15(19)18-5-6-22-14(10-18)9-16(20)21/h2-4,7-8,14H,5-6,9-10H2,1H3,(H,20,21)/b11-7+. The van der Waals surface area contributed by atoms with Gasteiger partial charge in [-0.25, -0.2) is 4.39 Å². The summed E-state index contributed by atoms with van der Waals surface area (Å²) in [4.78, 5) is 24.5. The van der Waals surface area contributed by atoms with E-state index < -0.39 is 12.1 Å². The van der Waals surface area contributed by atoms with E-state index in [-0.39, 0.29) is 24.7 Å². The molecular formula is C16H18FNO4. The number of hydrogen-bond donors (Lipinski definition) is 1. The van der Waals surface area contributed by atoms with Crippen LogP contribution in [0.15, 0.2) is 30.3 Å². The molecule has 0 saturated carbocycles. The fourth-order valence-corrected chi connectivity index (χ4v) is 2.33. The number of benzene rings is 1. The molecule has 0 aliphatic carbocycles. The van der Waals surface area contributed by atoms with Crippen LogP contribution in [-0.2, 0) is 14.3 Å². The van der Waals surface area contributed by atoms with Gasteiger partial charge in [0.15, 0.2) is 0 Å². The summed E-state index contributed by atoms with van der Waals surface area (Å²) >= 11 is 0. The maximum atomic E-state index is 13.2. The second kappa shape index (κ2) is 7.17. The Labute approximate surface area is 128 Å². The molecule has 1 aromatic rings. The first-order valence-electron chi connectivity index (χ1n) is 7.02. The normalized spacial score (nSPS) is 19.1. The predicted octanol–water partition coefficient (Wildman–Crippen LogP) is 1.93. The summed E-state index contributed by atoms with van der Waals surface area (Å²) in [5.74, 6) is -1.53. The van der Waals surface area contributed by atoms with E-state index in [2.05, 4.69) is 0 Å². The molecule has 1 amide bonds. The number of rotatable bonds is 4. The lowest BCUT2D eigenvalue weighted by Gasteiger charge is -2.31. The Morgan fingerprint density at radius 3 is 2.95 bits per heavy atom. The van der Waals surface area contributed by atoms with Gasteiger partial charge < -0.3 is 14.7 Å². The van der Waals surface area contributed by atoms with Crippen molar-refractivity contribution in [3.63, 3.8) is 0 Å². The first kappa shape index (κ1) is 16.2. The lowest BCUT2D eigenvalue weighted by molar-refractivity contribution is -0.145. The van der Waals surface area contributed by atoms with Crippen molar-refractivity contribution < 1.29 is 23.8 Å². The second-order valence-corrected chi connectivity index (χ2v) is 5.21. The van der Waals surface area contributed by atoms with Gasteiger partial charge in [-0.2, -0.15) is 0 Å². The van der Waals surface area contributed by atoms with Crippen LogP contribution in [0.3, 0.4) is 0 Å². The topological polar surface area (TPSA) is 66.8 Å². The van der Waals surface area contributed by atoms with E-state index in [4.69, 9.17) is 9.84 Å². The van der Waals surface area contributed by atoms with E-state index in [1.54, 1.807) is 24.0 Å². The van der Waals surface area contributed by atoms with Crippen molar-refractivity contribution in [1.82, 2.24) is 4.90 Å². The predicted molar refractivity (Wildman–Crippen MR) is 78.6 cm³/mol. The first-order valence-corrected chi connectivity index (χ1v) is 7.02. The van der Waals surface area contributed by atoms with E-state index >= 15 is 0 Å². The number of carboxylic acids is 1. The van der Waals surface area contributed by atoms with E-state index in [0.29, 0.717) is 24.3 Å². The van der Waals surface area contributed by atoms with Crippen molar-refractivity contribution >= 4 is 17.4 Å².